The maximum atomic E-state index is 13.6. The summed E-state index contributed by atoms with van der Waals surface area (Å²) in [6.45, 7) is 5.96. The Kier molecular flexibility index (Phi) is 4.82. The Morgan fingerprint density at radius 3 is 2.57 bits per heavy atom. The van der Waals surface area contributed by atoms with Gasteiger partial charge in [-0.2, -0.15) is 0 Å². The molecule has 0 saturated carbocycles. The van der Waals surface area contributed by atoms with Crippen LogP contribution in [0.4, 0.5) is 5.69 Å². The molecule has 2 aliphatic rings. The van der Waals surface area contributed by atoms with Gasteiger partial charge in [-0.15, -0.1) is 0 Å². The fourth-order valence-corrected chi connectivity index (χ4v) is 5.12. The van der Waals surface area contributed by atoms with Gasteiger partial charge in [0, 0.05) is 29.7 Å². The van der Waals surface area contributed by atoms with E-state index in [-0.39, 0.29) is 5.91 Å². The second kappa shape index (κ2) is 7.64. The van der Waals surface area contributed by atoms with Gasteiger partial charge in [0.25, 0.3) is 5.91 Å². The second-order valence-corrected chi connectivity index (χ2v) is 8.71. The van der Waals surface area contributed by atoms with Crippen molar-refractivity contribution in [2.75, 3.05) is 4.90 Å². The number of fused-ring (bicyclic) bond motifs is 2. The number of anilines is 1. The third kappa shape index (κ3) is 3.28. The average Bonchev–Trinajstić information content (AvgIpc) is 3.13. The number of hydrogen-bond donors (Lipinski definition) is 0. The highest BCUT2D eigenvalue weighted by Gasteiger charge is 2.25. The second-order valence-electron chi connectivity index (χ2n) is 8.71. The molecular weight excluding hydrogens is 368 g/mol. The van der Waals surface area contributed by atoms with E-state index in [4.69, 9.17) is 0 Å². The van der Waals surface area contributed by atoms with E-state index >= 15 is 0 Å². The number of amides is 1. The minimum Gasteiger partial charge on any atom is -0.345 e. The first-order chi connectivity index (χ1) is 14.6. The Balaban J connectivity index is 1.49. The van der Waals surface area contributed by atoms with Crippen LogP contribution >= 0.6 is 0 Å². The molecule has 5 rings (SSSR count). The van der Waals surface area contributed by atoms with Crippen LogP contribution in [-0.2, 0) is 13.1 Å². The van der Waals surface area contributed by atoms with Crippen molar-refractivity contribution in [3.63, 3.8) is 0 Å². The Labute approximate surface area is 178 Å². The van der Waals surface area contributed by atoms with Crippen LogP contribution in [0.2, 0.25) is 0 Å². The molecule has 3 nitrogen and oxygen atoms in total. The Bertz CT molecular complexity index is 1120. The number of rotatable bonds is 2. The van der Waals surface area contributed by atoms with Crippen molar-refractivity contribution in [3.05, 3.63) is 94.8 Å². The fraction of sp³-hybridized carbons (Fsp3) is 0.296. The average molecular weight is 397 g/mol. The van der Waals surface area contributed by atoms with Crippen LogP contribution in [-0.4, -0.2) is 10.5 Å². The van der Waals surface area contributed by atoms with Crippen molar-refractivity contribution in [2.45, 2.75) is 46.2 Å². The Morgan fingerprint density at radius 2 is 1.77 bits per heavy atom. The van der Waals surface area contributed by atoms with Crippen molar-refractivity contribution < 1.29 is 4.79 Å². The van der Waals surface area contributed by atoms with E-state index in [9.17, 15) is 4.79 Å². The molecule has 0 radical (unpaired) electrons. The van der Waals surface area contributed by atoms with Crippen LogP contribution in [0, 0.1) is 5.92 Å². The van der Waals surface area contributed by atoms with Gasteiger partial charge < -0.3 is 9.47 Å². The molecule has 0 spiro atoms. The molecule has 1 amide bonds. The molecule has 0 bridgehead atoms. The van der Waals surface area contributed by atoms with Gasteiger partial charge in [0.1, 0.15) is 0 Å². The molecule has 1 atom stereocenters. The summed E-state index contributed by atoms with van der Waals surface area (Å²) >= 11 is 0. The zero-order valence-electron chi connectivity index (χ0n) is 17.8. The molecule has 1 unspecified atom stereocenters. The predicted molar refractivity (Wildman–Crippen MR) is 123 cm³/mol. The van der Waals surface area contributed by atoms with Crippen LogP contribution in [0.1, 0.15) is 60.3 Å². The Morgan fingerprint density at radius 1 is 0.967 bits per heavy atom. The SMILES string of the molecule is CC1=C(c2ccc(C(=O)N3Cc4cccn4Cc4ccccc43)cc2)C(C)CCC1. The van der Waals surface area contributed by atoms with Crippen molar-refractivity contribution in [1.29, 1.82) is 0 Å². The molecule has 152 valence electrons. The van der Waals surface area contributed by atoms with Gasteiger partial charge in [0.15, 0.2) is 0 Å². The van der Waals surface area contributed by atoms with E-state index in [0.29, 0.717) is 12.5 Å². The highest BCUT2D eigenvalue weighted by molar-refractivity contribution is 6.06. The van der Waals surface area contributed by atoms with E-state index in [2.05, 4.69) is 61.0 Å². The first kappa shape index (κ1) is 18.9. The fourth-order valence-electron chi connectivity index (χ4n) is 5.12. The summed E-state index contributed by atoms with van der Waals surface area (Å²) in [5.74, 6) is 0.650. The quantitative estimate of drug-likeness (QED) is 0.500. The van der Waals surface area contributed by atoms with Gasteiger partial charge in [-0.25, -0.2) is 0 Å². The summed E-state index contributed by atoms with van der Waals surface area (Å²) in [6.07, 6.45) is 5.81. The van der Waals surface area contributed by atoms with Gasteiger partial charge in [0.2, 0.25) is 0 Å². The molecule has 30 heavy (non-hydrogen) atoms. The van der Waals surface area contributed by atoms with E-state index in [0.717, 1.165) is 23.5 Å². The lowest BCUT2D eigenvalue weighted by atomic mass is 9.81. The zero-order chi connectivity index (χ0) is 20.7. The summed E-state index contributed by atoms with van der Waals surface area (Å²) < 4.78 is 2.23. The van der Waals surface area contributed by atoms with Crippen molar-refractivity contribution >= 4 is 17.2 Å². The van der Waals surface area contributed by atoms with Gasteiger partial charge in [0.05, 0.1) is 6.54 Å². The van der Waals surface area contributed by atoms with Gasteiger partial charge >= 0.3 is 0 Å². The summed E-state index contributed by atoms with van der Waals surface area (Å²) in [4.78, 5) is 15.5. The molecule has 2 heterocycles. The van der Waals surface area contributed by atoms with Crippen LogP contribution in [0.3, 0.4) is 0 Å². The molecular formula is C27H28N2O. The highest BCUT2D eigenvalue weighted by atomic mass is 16.2. The smallest absolute Gasteiger partial charge is 0.258 e. The summed E-state index contributed by atoms with van der Waals surface area (Å²) in [7, 11) is 0. The number of para-hydroxylation sites is 1. The molecule has 3 heteroatoms. The van der Waals surface area contributed by atoms with Crippen LogP contribution in [0.5, 0.6) is 0 Å². The predicted octanol–water partition coefficient (Wildman–Crippen LogP) is 6.29. The van der Waals surface area contributed by atoms with Gasteiger partial charge in [-0.3, -0.25) is 4.79 Å². The monoisotopic (exact) mass is 396 g/mol. The molecule has 0 fully saturated rings. The largest absolute Gasteiger partial charge is 0.345 e. The highest BCUT2D eigenvalue weighted by Crippen LogP contribution is 2.37. The molecule has 1 aromatic heterocycles. The maximum absolute atomic E-state index is 13.6. The number of allylic oxidation sites excluding steroid dienone is 2. The number of benzene rings is 2. The first-order valence-corrected chi connectivity index (χ1v) is 11.0. The van der Waals surface area contributed by atoms with E-state index < -0.39 is 0 Å². The molecule has 0 N–H and O–H groups in total. The number of carbonyl (C=O) groups excluding carboxylic acids is 1. The first-order valence-electron chi connectivity index (χ1n) is 11.0. The number of hydrogen-bond acceptors (Lipinski definition) is 1. The van der Waals surface area contributed by atoms with Gasteiger partial charge in [-0.1, -0.05) is 42.8 Å². The van der Waals surface area contributed by atoms with Crippen molar-refractivity contribution in [2.24, 2.45) is 5.92 Å². The lowest BCUT2D eigenvalue weighted by molar-refractivity contribution is 0.0985. The lowest BCUT2D eigenvalue weighted by Crippen LogP contribution is -2.30. The normalized spacial score (nSPS) is 18.6. The molecule has 3 aromatic rings. The molecule has 1 aliphatic heterocycles. The van der Waals surface area contributed by atoms with E-state index in [1.807, 2.05) is 29.2 Å². The number of carbonyl (C=O) groups is 1. The topological polar surface area (TPSA) is 25.2 Å². The maximum Gasteiger partial charge on any atom is 0.258 e. The lowest BCUT2D eigenvalue weighted by Gasteiger charge is -2.25. The standard InChI is InChI=1S/C27H28N2O/c1-19-7-5-8-20(2)26(19)21-12-14-22(15-13-21)27(30)29-18-24-10-6-16-28(24)17-23-9-3-4-11-25(23)29/h3-4,6,9-16,19H,5,7-8,17-18H2,1-2H3. The molecule has 1 aliphatic carbocycles. The van der Waals surface area contributed by atoms with Crippen molar-refractivity contribution in [1.82, 2.24) is 4.57 Å². The summed E-state index contributed by atoms with van der Waals surface area (Å²) in [5, 5.41) is 0. The molecule has 0 saturated heterocycles. The van der Waals surface area contributed by atoms with E-state index in [1.165, 1.54) is 41.5 Å². The minimum atomic E-state index is 0.0612. The number of nitrogens with zero attached hydrogens (tertiary/aromatic N) is 2. The van der Waals surface area contributed by atoms with Gasteiger partial charge in [-0.05, 0) is 79.1 Å². The Hall–Kier alpha value is -3.07. The minimum absolute atomic E-state index is 0.0612. The molecule has 2 aromatic carbocycles. The number of aromatic nitrogens is 1. The van der Waals surface area contributed by atoms with Crippen LogP contribution < -0.4 is 4.90 Å². The summed E-state index contributed by atoms with van der Waals surface area (Å²) in [5.41, 5.74) is 8.32. The van der Waals surface area contributed by atoms with Crippen molar-refractivity contribution in [3.8, 4) is 0 Å². The van der Waals surface area contributed by atoms with E-state index in [1.54, 1.807) is 0 Å². The zero-order valence-corrected chi connectivity index (χ0v) is 17.8. The summed E-state index contributed by atoms with van der Waals surface area (Å²) in [6, 6.07) is 20.7. The van der Waals surface area contributed by atoms with Crippen LogP contribution in [0.25, 0.3) is 5.57 Å². The van der Waals surface area contributed by atoms with Crippen LogP contribution in [0.15, 0.2) is 72.4 Å². The third-order valence-corrected chi connectivity index (χ3v) is 6.70. The third-order valence-electron chi connectivity index (χ3n) is 6.70.